The normalized spacial score (nSPS) is 26.5. The molecule has 0 aromatic heterocycles. The quantitative estimate of drug-likeness (QED) is 0.631. The summed E-state index contributed by atoms with van der Waals surface area (Å²) in [5.74, 6) is -0.330. The van der Waals surface area contributed by atoms with E-state index in [4.69, 9.17) is 5.11 Å². The molecule has 8 heteroatoms. The van der Waals surface area contributed by atoms with E-state index in [9.17, 15) is 21.6 Å². The van der Waals surface area contributed by atoms with Gasteiger partial charge in [0.05, 0.1) is 6.61 Å². The molecule has 4 nitrogen and oxygen atoms in total. The Balaban J connectivity index is 2.99. The monoisotopic (exact) mass is 274 g/mol. The van der Waals surface area contributed by atoms with E-state index in [0.717, 1.165) is 0 Å². The highest BCUT2D eigenvalue weighted by molar-refractivity contribution is 7.87. The van der Waals surface area contributed by atoms with Gasteiger partial charge in [0.1, 0.15) is 5.76 Å². The molecule has 0 radical (unpaired) electrons. The molecule has 0 bridgehead atoms. The Morgan fingerprint density at radius 1 is 1.53 bits per heavy atom. The molecule has 1 aliphatic rings. The second-order valence-electron chi connectivity index (χ2n) is 4.16. The van der Waals surface area contributed by atoms with Gasteiger partial charge < -0.3 is 9.29 Å². The Kier molecular flexibility index (Phi) is 3.78. The maximum absolute atomic E-state index is 12.1. The summed E-state index contributed by atoms with van der Waals surface area (Å²) >= 11 is 0. The van der Waals surface area contributed by atoms with Crippen molar-refractivity contribution in [2.24, 2.45) is 5.41 Å². The van der Waals surface area contributed by atoms with Crippen LogP contribution in [0, 0.1) is 5.41 Å². The van der Waals surface area contributed by atoms with E-state index >= 15 is 0 Å². The number of alkyl halides is 3. The van der Waals surface area contributed by atoms with Gasteiger partial charge in [-0.25, -0.2) is 0 Å². The molecule has 1 unspecified atom stereocenters. The molecular formula is C9H13F3O4S. The van der Waals surface area contributed by atoms with Crippen molar-refractivity contribution in [2.45, 2.75) is 31.7 Å². The Hall–Kier alpha value is -0.760. The SMILES string of the molecule is CC1(CO)CCCC=C1OS(=O)(=O)C(F)(F)F. The summed E-state index contributed by atoms with van der Waals surface area (Å²) in [5.41, 5.74) is -6.53. The molecule has 0 amide bonds. The Bertz CT molecular complexity index is 412. The van der Waals surface area contributed by atoms with Crippen LogP contribution in [0.1, 0.15) is 26.2 Å². The number of hydrogen-bond donors (Lipinski definition) is 1. The van der Waals surface area contributed by atoms with E-state index in [-0.39, 0.29) is 5.76 Å². The molecule has 1 atom stereocenters. The van der Waals surface area contributed by atoms with Crippen molar-refractivity contribution < 1.29 is 30.9 Å². The molecule has 0 aromatic rings. The minimum Gasteiger partial charge on any atom is -0.395 e. The van der Waals surface area contributed by atoms with Gasteiger partial charge in [0.15, 0.2) is 0 Å². The lowest BCUT2D eigenvalue weighted by Crippen LogP contribution is -2.33. The second-order valence-corrected chi connectivity index (χ2v) is 5.70. The molecule has 100 valence electrons. The van der Waals surface area contributed by atoms with E-state index in [2.05, 4.69) is 4.18 Å². The fourth-order valence-corrected chi connectivity index (χ4v) is 2.15. The number of aliphatic hydroxyl groups is 1. The number of hydrogen-bond acceptors (Lipinski definition) is 4. The van der Waals surface area contributed by atoms with Gasteiger partial charge in [-0.3, -0.25) is 0 Å². The lowest BCUT2D eigenvalue weighted by Gasteiger charge is -2.32. The van der Waals surface area contributed by atoms with Crippen molar-refractivity contribution in [3.63, 3.8) is 0 Å². The van der Waals surface area contributed by atoms with E-state index in [1.807, 2.05) is 0 Å². The molecule has 0 heterocycles. The van der Waals surface area contributed by atoms with Gasteiger partial charge in [-0.15, -0.1) is 0 Å². The second kappa shape index (κ2) is 4.49. The molecule has 0 aromatic carbocycles. The standard InChI is InChI=1S/C9H13F3O4S/c1-8(6-13)5-3-2-4-7(8)16-17(14,15)9(10,11)12/h4,13H,2-3,5-6H2,1H3. The highest BCUT2D eigenvalue weighted by Gasteiger charge is 2.50. The minimum atomic E-state index is -5.66. The molecular weight excluding hydrogens is 261 g/mol. The fourth-order valence-electron chi connectivity index (χ4n) is 1.55. The van der Waals surface area contributed by atoms with Crippen LogP contribution in [0.2, 0.25) is 0 Å². The topological polar surface area (TPSA) is 63.6 Å². The molecule has 0 saturated carbocycles. The molecule has 1 rings (SSSR count). The van der Waals surface area contributed by atoms with Crippen LogP contribution < -0.4 is 0 Å². The maximum atomic E-state index is 12.1. The largest absolute Gasteiger partial charge is 0.534 e. The van der Waals surface area contributed by atoms with E-state index in [1.54, 1.807) is 0 Å². The molecule has 17 heavy (non-hydrogen) atoms. The van der Waals surface area contributed by atoms with Crippen LogP contribution in [0.4, 0.5) is 13.2 Å². The Labute approximate surface area is 97.2 Å². The van der Waals surface area contributed by atoms with Crippen LogP contribution in [-0.2, 0) is 14.3 Å². The van der Waals surface area contributed by atoms with Crippen LogP contribution >= 0.6 is 0 Å². The molecule has 0 spiro atoms. The predicted molar refractivity (Wildman–Crippen MR) is 53.2 cm³/mol. The highest BCUT2D eigenvalue weighted by Crippen LogP contribution is 2.40. The number of aliphatic hydroxyl groups excluding tert-OH is 1. The third-order valence-electron chi connectivity index (χ3n) is 2.69. The number of rotatable bonds is 3. The summed E-state index contributed by atoms with van der Waals surface area (Å²) in [6, 6.07) is 0. The molecule has 0 saturated heterocycles. The average molecular weight is 274 g/mol. The summed E-state index contributed by atoms with van der Waals surface area (Å²) in [4.78, 5) is 0. The first-order chi connectivity index (χ1) is 7.62. The van der Waals surface area contributed by atoms with Gasteiger partial charge in [-0.2, -0.15) is 21.6 Å². The summed E-state index contributed by atoms with van der Waals surface area (Å²) in [6.07, 6.45) is 2.75. The van der Waals surface area contributed by atoms with Gasteiger partial charge in [0, 0.05) is 5.41 Å². The molecule has 0 fully saturated rings. The number of halogens is 3. The Morgan fingerprint density at radius 3 is 2.59 bits per heavy atom. The predicted octanol–water partition coefficient (Wildman–Crippen LogP) is 1.92. The van der Waals surface area contributed by atoms with Gasteiger partial charge in [-0.05, 0) is 25.3 Å². The summed E-state index contributed by atoms with van der Waals surface area (Å²) in [7, 11) is -5.66. The molecule has 0 aliphatic heterocycles. The Morgan fingerprint density at radius 2 is 2.12 bits per heavy atom. The van der Waals surface area contributed by atoms with Gasteiger partial charge in [0.25, 0.3) is 0 Å². The summed E-state index contributed by atoms with van der Waals surface area (Å²) < 4.78 is 62.2. The lowest BCUT2D eigenvalue weighted by atomic mass is 9.80. The number of allylic oxidation sites excluding steroid dienone is 1. The van der Waals surface area contributed by atoms with Crippen LogP contribution in [0.3, 0.4) is 0 Å². The zero-order valence-electron chi connectivity index (χ0n) is 9.12. The van der Waals surface area contributed by atoms with Crippen molar-refractivity contribution in [2.75, 3.05) is 6.61 Å². The minimum absolute atomic E-state index is 0.330. The van der Waals surface area contributed by atoms with Crippen molar-refractivity contribution in [3.05, 3.63) is 11.8 Å². The first-order valence-electron chi connectivity index (χ1n) is 4.95. The van der Waals surface area contributed by atoms with Crippen molar-refractivity contribution >= 4 is 10.1 Å². The van der Waals surface area contributed by atoms with E-state index < -0.39 is 27.6 Å². The van der Waals surface area contributed by atoms with Crippen molar-refractivity contribution in [1.29, 1.82) is 0 Å². The van der Waals surface area contributed by atoms with Crippen LogP contribution in [0.15, 0.2) is 11.8 Å². The third-order valence-corrected chi connectivity index (χ3v) is 3.66. The highest BCUT2D eigenvalue weighted by atomic mass is 32.2. The molecule has 1 N–H and O–H groups in total. The fraction of sp³-hybridized carbons (Fsp3) is 0.778. The van der Waals surface area contributed by atoms with Gasteiger partial charge in [-0.1, -0.05) is 6.92 Å². The average Bonchev–Trinajstić information content (AvgIpc) is 2.20. The van der Waals surface area contributed by atoms with Crippen molar-refractivity contribution in [3.8, 4) is 0 Å². The van der Waals surface area contributed by atoms with Crippen LogP contribution in [0.25, 0.3) is 0 Å². The third kappa shape index (κ3) is 2.92. The van der Waals surface area contributed by atoms with Crippen molar-refractivity contribution in [1.82, 2.24) is 0 Å². The van der Waals surface area contributed by atoms with Crippen LogP contribution in [0.5, 0.6) is 0 Å². The zero-order valence-corrected chi connectivity index (χ0v) is 9.94. The smallest absolute Gasteiger partial charge is 0.395 e. The van der Waals surface area contributed by atoms with Crippen LogP contribution in [-0.4, -0.2) is 25.6 Å². The van der Waals surface area contributed by atoms with Gasteiger partial charge in [0.2, 0.25) is 0 Å². The summed E-state index contributed by atoms with van der Waals surface area (Å²) in [5, 5.41) is 9.12. The first kappa shape index (κ1) is 14.3. The van der Waals surface area contributed by atoms with E-state index in [1.165, 1.54) is 13.0 Å². The lowest BCUT2D eigenvalue weighted by molar-refractivity contribution is -0.0540. The van der Waals surface area contributed by atoms with Gasteiger partial charge >= 0.3 is 15.6 Å². The maximum Gasteiger partial charge on any atom is 0.534 e. The molecule has 1 aliphatic carbocycles. The zero-order chi connectivity index (χ0) is 13.3. The van der Waals surface area contributed by atoms with E-state index in [0.29, 0.717) is 19.3 Å². The first-order valence-corrected chi connectivity index (χ1v) is 6.35. The summed E-state index contributed by atoms with van der Waals surface area (Å²) in [6.45, 7) is 0.996.